The lowest BCUT2D eigenvalue weighted by atomic mass is 10.2. The van der Waals surface area contributed by atoms with Crippen LogP contribution in [0.25, 0.3) is 5.69 Å². The van der Waals surface area contributed by atoms with E-state index in [1.807, 2.05) is 10.8 Å². The minimum Gasteiger partial charge on any atom is -0.370 e. The normalized spacial score (nSPS) is 14.7. The van der Waals surface area contributed by atoms with Gasteiger partial charge in [0, 0.05) is 24.1 Å². The van der Waals surface area contributed by atoms with E-state index < -0.39 is 0 Å². The van der Waals surface area contributed by atoms with Crippen LogP contribution < -0.4 is 11.1 Å². The Balaban J connectivity index is 0.00000147. The highest BCUT2D eigenvalue weighted by Gasteiger charge is 2.21. The van der Waals surface area contributed by atoms with Gasteiger partial charge < -0.3 is 15.6 Å². The third kappa shape index (κ3) is 3.96. The van der Waals surface area contributed by atoms with Crippen molar-refractivity contribution in [2.75, 3.05) is 0 Å². The summed E-state index contributed by atoms with van der Waals surface area (Å²) < 4.78 is 1.97. The van der Waals surface area contributed by atoms with Gasteiger partial charge in [-0.25, -0.2) is 9.98 Å². The monoisotopic (exact) mass is 383 g/mol. The first-order chi connectivity index (χ1) is 9.31. The van der Waals surface area contributed by atoms with Crippen molar-refractivity contribution in [1.82, 2.24) is 14.9 Å². The van der Waals surface area contributed by atoms with Crippen LogP contribution in [0.5, 0.6) is 0 Å². The summed E-state index contributed by atoms with van der Waals surface area (Å²) in [6, 6.07) is 8.77. The minimum absolute atomic E-state index is 0. The van der Waals surface area contributed by atoms with Crippen molar-refractivity contribution >= 4 is 29.9 Å². The zero-order valence-corrected chi connectivity index (χ0v) is 13.4. The Bertz CT molecular complexity index is 558. The number of benzene rings is 1. The first-order valence-corrected chi connectivity index (χ1v) is 6.45. The first-order valence-electron chi connectivity index (χ1n) is 6.45. The van der Waals surface area contributed by atoms with Crippen LogP contribution in [0.1, 0.15) is 18.4 Å². The lowest BCUT2D eigenvalue weighted by Gasteiger charge is -2.05. The average Bonchev–Trinajstić information content (AvgIpc) is 3.07. The molecule has 3 rings (SSSR count). The SMILES string of the molecule is I.NC(=NCc1ccc(-n2ccnc2)cc1)NC1CC1. The molecule has 106 valence electrons. The Kier molecular flexibility index (Phi) is 4.99. The van der Waals surface area contributed by atoms with Crippen LogP contribution in [0.2, 0.25) is 0 Å². The lowest BCUT2D eigenvalue weighted by molar-refractivity contribution is 0.879. The summed E-state index contributed by atoms with van der Waals surface area (Å²) in [5, 5.41) is 3.17. The Morgan fingerprint density at radius 1 is 1.35 bits per heavy atom. The molecule has 5 nitrogen and oxygen atoms in total. The first kappa shape index (κ1) is 14.8. The molecule has 1 aliphatic rings. The lowest BCUT2D eigenvalue weighted by Crippen LogP contribution is -2.33. The number of nitrogens with two attached hydrogens (primary N) is 1. The van der Waals surface area contributed by atoms with Crippen LogP contribution in [-0.4, -0.2) is 21.6 Å². The van der Waals surface area contributed by atoms with E-state index in [9.17, 15) is 0 Å². The van der Waals surface area contributed by atoms with Gasteiger partial charge in [0.25, 0.3) is 0 Å². The molecular weight excluding hydrogens is 365 g/mol. The molecule has 6 heteroatoms. The van der Waals surface area contributed by atoms with Gasteiger partial charge in [0.05, 0.1) is 12.9 Å². The summed E-state index contributed by atoms with van der Waals surface area (Å²) in [6.07, 6.45) is 7.88. The highest BCUT2D eigenvalue weighted by Crippen LogP contribution is 2.18. The molecule has 0 radical (unpaired) electrons. The Hall–Kier alpha value is -1.57. The number of imidazole rings is 1. The van der Waals surface area contributed by atoms with Crippen molar-refractivity contribution in [3.05, 3.63) is 48.5 Å². The second kappa shape index (κ2) is 6.74. The summed E-state index contributed by atoms with van der Waals surface area (Å²) in [5.74, 6) is 0.543. The molecule has 3 N–H and O–H groups in total. The molecule has 0 spiro atoms. The molecule has 1 heterocycles. The van der Waals surface area contributed by atoms with Crippen LogP contribution >= 0.6 is 24.0 Å². The van der Waals surface area contributed by atoms with Crippen LogP contribution in [0.3, 0.4) is 0 Å². The van der Waals surface area contributed by atoms with Gasteiger partial charge in [-0.05, 0) is 30.5 Å². The van der Waals surface area contributed by atoms with Gasteiger partial charge in [0.2, 0.25) is 0 Å². The maximum atomic E-state index is 5.80. The molecule has 1 fully saturated rings. The van der Waals surface area contributed by atoms with Gasteiger partial charge >= 0.3 is 0 Å². The van der Waals surface area contributed by atoms with Gasteiger partial charge in [-0.15, -0.1) is 24.0 Å². The molecule has 0 unspecified atom stereocenters. The summed E-state index contributed by atoms with van der Waals surface area (Å²) in [5.41, 5.74) is 8.03. The van der Waals surface area contributed by atoms with Crippen molar-refractivity contribution < 1.29 is 0 Å². The van der Waals surface area contributed by atoms with E-state index in [0.29, 0.717) is 18.5 Å². The molecule has 0 saturated heterocycles. The second-order valence-electron chi connectivity index (χ2n) is 4.76. The number of nitrogens with one attached hydrogen (secondary N) is 1. The fourth-order valence-corrected chi connectivity index (χ4v) is 1.84. The molecule has 0 atom stereocenters. The number of hydrogen-bond donors (Lipinski definition) is 2. The van der Waals surface area contributed by atoms with Gasteiger partial charge in [-0.1, -0.05) is 12.1 Å². The highest BCUT2D eigenvalue weighted by atomic mass is 127. The number of halogens is 1. The van der Waals surface area contributed by atoms with E-state index in [4.69, 9.17) is 5.73 Å². The molecule has 2 aromatic rings. The molecule has 1 aliphatic carbocycles. The zero-order valence-electron chi connectivity index (χ0n) is 11.1. The van der Waals surface area contributed by atoms with E-state index >= 15 is 0 Å². The second-order valence-corrected chi connectivity index (χ2v) is 4.76. The summed E-state index contributed by atoms with van der Waals surface area (Å²) in [7, 11) is 0. The van der Waals surface area contributed by atoms with Crippen LogP contribution in [0.15, 0.2) is 48.0 Å². The quantitative estimate of drug-likeness (QED) is 0.483. The largest absolute Gasteiger partial charge is 0.370 e. The summed E-state index contributed by atoms with van der Waals surface area (Å²) in [4.78, 5) is 8.36. The standard InChI is InChI=1S/C14H17N5.HI/c15-14(18-12-3-4-12)17-9-11-1-5-13(6-2-11)19-8-7-16-10-19;/h1-2,5-8,10,12H,3-4,9H2,(H3,15,17,18);1H. The number of aromatic nitrogens is 2. The molecule has 20 heavy (non-hydrogen) atoms. The smallest absolute Gasteiger partial charge is 0.189 e. The predicted octanol–water partition coefficient (Wildman–Crippen LogP) is 2.06. The van der Waals surface area contributed by atoms with Crippen molar-refractivity contribution in [2.24, 2.45) is 10.7 Å². The number of rotatable bonds is 4. The van der Waals surface area contributed by atoms with Crippen LogP contribution in [0, 0.1) is 0 Å². The third-order valence-electron chi connectivity index (χ3n) is 3.10. The molecule has 0 amide bonds. The molecule has 0 aliphatic heterocycles. The van der Waals surface area contributed by atoms with Crippen molar-refractivity contribution in [3.63, 3.8) is 0 Å². The Morgan fingerprint density at radius 2 is 2.10 bits per heavy atom. The topological polar surface area (TPSA) is 68.2 Å². The number of hydrogen-bond acceptors (Lipinski definition) is 2. The maximum absolute atomic E-state index is 5.80. The van der Waals surface area contributed by atoms with E-state index in [-0.39, 0.29) is 24.0 Å². The Morgan fingerprint density at radius 3 is 2.70 bits per heavy atom. The van der Waals surface area contributed by atoms with Gasteiger partial charge in [-0.3, -0.25) is 0 Å². The van der Waals surface area contributed by atoms with Crippen LogP contribution in [0.4, 0.5) is 0 Å². The molecule has 1 aromatic heterocycles. The summed E-state index contributed by atoms with van der Waals surface area (Å²) in [6.45, 7) is 0.607. The van der Waals surface area contributed by atoms with Gasteiger partial charge in [0.15, 0.2) is 5.96 Å². The van der Waals surface area contributed by atoms with Crippen molar-refractivity contribution in [3.8, 4) is 5.69 Å². The fourth-order valence-electron chi connectivity index (χ4n) is 1.84. The van der Waals surface area contributed by atoms with Gasteiger partial charge in [0.1, 0.15) is 0 Å². The third-order valence-corrected chi connectivity index (χ3v) is 3.10. The van der Waals surface area contributed by atoms with Crippen molar-refractivity contribution in [2.45, 2.75) is 25.4 Å². The average molecular weight is 383 g/mol. The van der Waals surface area contributed by atoms with E-state index in [1.165, 1.54) is 12.8 Å². The van der Waals surface area contributed by atoms with Gasteiger partial charge in [-0.2, -0.15) is 0 Å². The van der Waals surface area contributed by atoms with Crippen molar-refractivity contribution in [1.29, 1.82) is 0 Å². The van der Waals surface area contributed by atoms with E-state index in [0.717, 1.165) is 11.3 Å². The summed E-state index contributed by atoms with van der Waals surface area (Å²) >= 11 is 0. The predicted molar refractivity (Wildman–Crippen MR) is 90.5 cm³/mol. The number of guanidine groups is 1. The van der Waals surface area contributed by atoms with Crippen LogP contribution in [-0.2, 0) is 6.54 Å². The Labute approximate surface area is 135 Å². The highest BCUT2D eigenvalue weighted by molar-refractivity contribution is 14.0. The van der Waals surface area contributed by atoms with E-state index in [2.05, 4.69) is 39.6 Å². The minimum atomic E-state index is 0. The molecular formula is C14H18IN5. The zero-order chi connectivity index (χ0) is 13.1. The molecule has 1 saturated carbocycles. The van der Waals surface area contributed by atoms with E-state index in [1.54, 1.807) is 12.5 Å². The maximum Gasteiger partial charge on any atom is 0.189 e. The molecule has 0 bridgehead atoms. The number of aliphatic imine (C=N–C) groups is 1. The number of nitrogens with zero attached hydrogens (tertiary/aromatic N) is 3. The molecule has 1 aromatic carbocycles. The fraction of sp³-hybridized carbons (Fsp3) is 0.286.